The van der Waals surface area contributed by atoms with Crippen LogP contribution in [0.15, 0.2) is 24.3 Å². The molecule has 2 aliphatic rings. The van der Waals surface area contributed by atoms with Gasteiger partial charge in [0.15, 0.2) is 0 Å². The Balaban J connectivity index is 1.52. The second-order valence-corrected chi connectivity index (χ2v) is 6.34. The van der Waals surface area contributed by atoms with E-state index in [0.29, 0.717) is 12.7 Å². The summed E-state index contributed by atoms with van der Waals surface area (Å²) < 4.78 is 5.21. The van der Waals surface area contributed by atoms with Gasteiger partial charge in [-0.05, 0) is 43.9 Å². The molecule has 0 spiro atoms. The Kier molecular flexibility index (Phi) is 4.41. The third kappa shape index (κ3) is 3.75. The van der Waals surface area contributed by atoms with E-state index in [1.165, 1.54) is 0 Å². The lowest BCUT2D eigenvalue weighted by atomic mass is 10.1. The van der Waals surface area contributed by atoms with Crippen LogP contribution in [0.1, 0.15) is 25.3 Å². The zero-order chi connectivity index (χ0) is 16.4. The highest BCUT2D eigenvalue weighted by molar-refractivity contribution is 5.87. The van der Waals surface area contributed by atoms with Crippen LogP contribution >= 0.6 is 0 Å². The van der Waals surface area contributed by atoms with Gasteiger partial charge in [-0.1, -0.05) is 12.1 Å². The van der Waals surface area contributed by atoms with Crippen LogP contribution in [-0.2, 0) is 11.2 Å². The fraction of sp³-hybridized carbons (Fsp3) is 0.529. The third-order valence-corrected chi connectivity index (χ3v) is 4.29. The number of hydrogen-bond acceptors (Lipinski definition) is 3. The molecular formula is C17H23N3O3. The van der Waals surface area contributed by atoms with Crippen molar-refractivity contribution in [2.45, 2.75) is 38.3 Å². The van der Waals surface area contributed by atoms with E-state index in [1.807, 2.05) is 36.1 Å². The highest BCUT2D eigenvalue weighted by Gasteiger charge is 2.40. The number of amides is 3. The third-order valence-electron chi connectivity index (χ3n) is 4.29. The van der Waals surface area contributed by atoms with E-state index in [4.69, 9.17) is 4.74 Å². The van der Waals surface area contributed by atoms with E-state index in [0.717, 1.165) is 30.6 Å². The molecule has 3 rings (SSSR count). The van der Waals surface area contributed by atoms with Crippen molar-refractivity contribution in [3.63, 3.8) is 0 Å². The molecule has 1 saturated carbocycles. The lowest BCUT2D eigenvalue weighted by molar-refractivity contribution is -0.127. The van der Waals surface area contributed by atoms with Gasteiger partial charge in [0.1, 0.15) is 12.3 Å². The van der Waals surface area contributed by atoms with E-state index in [9.17, 15) is 9.59 Å². The lowest BCUT2D eigenvalue weighted by Gasteiger charge is -2.21. The number of nitrogens with zero attached hydrogens (tertiary/aromatic N) is 2. The van der Waals surface area contributed by atoms with Crippen molar-refractivity contribution in [2.24, 2.45) is 0 Å². The van der Waals surface area contributed by atoms with Crippen LogP contribution in [0, 0.1) is 0 Å². The standard InChI is InChI=1S/C17H23N3O3/c1-12(8-13-4-3-5-15(9-13)23-2)18-17(22)19-10-16(21)20(11-19)14-6-7-14/h3-5,9,12,14H,6-8,10-11H2,1-2H3,(H,18,22). The summed E-state index contributed by atoms with van der Waals surface area (Å²) >= 11 is 0. The van der Waals surface area contributed by atoms with Gasteiger partial charge in [-0.3, -0.25) is 9.69 Å². The zero-order valence-electron chi connectivity index (χ0n) is 13.6. The molecule has 0 radical (unpaired) electrons. The van der Waals surface area contributed by atoms with Crippen LogP contribution < -0.4 is 10.1 Å². The zero-order valence-corrected chi connectivity index (χ0v) is 13.6. The molecule has 1 aromatic rings. The number of ether oxygens (including phenoxy) is 1. The van der Waals surface area contributed by atoms with Crippen LogP contribution in [-0.4, -0.2) is 54.1 Å². The minimum atomic E-state index is -0.170. The summed E-state index contributed by atoms with van der Waals surface area (Å²) in [6.45, 7) is 2.57. The molecule has 23 heavy (non-hydrogen) atoms. The van der Waals surface area contributed by atoms with E-state index >= 15 is 0 Å². The highest BCUT2D eigenvalue weighted by Crippen LogP contribution is 2.29. The first kappa shape index (κ1) is 15.6. The molecule has 3 amide bonds. The fourth-order valence-electron chi connectivity index (χ4n) is 2.91. The molecule has 1 atom stereocenters. The second-order valence-electron chi connectivity index (χ2n) is 6.34. The number of carbonyl (C=O) groups excluding carboxylic acids is 2. The van der Waals surface area contributed by atoms with E-state index in [-0.39, 0.29) is 24.5 Å². The molecule has 1 aromatic carbocycles. The number of carbonyl (C=O) groups is 2. The van der Waals surface area contributed by atoms with Gasteiger partial charge in [0.25, 0.3) is 0 Å². The number of methoxy groups -OCH3 is 1. The Bertz CT molecular complexity index is 601. The summed E-state index contributed by atoms with van der Waals surface area (Å²) in [4.78, 5) is 27.6. The molecule has 1 N–H and O–H groups in total. The van der Waals surface area contributed by atoms with Gasteiger partial charge in [-0.25, -0.2) is 4.79 Å². The van der Waals surface area contributed by atoms with Crippen LogP contribution in [0.25, 0.3) is 0 Å². The Morgan fingerprint density at radius 3 is 2.91 bits per heavy atom. The van der Waals surface area contributed by atoms with Crippen LogP contribution in [0.2, 0.25) is 0 Å². The molecule has 6 nitrogen and oxygen atoms in total. The van der Waals surface area contributed by atoms with Crippen molar-refractivity contribution in [3.05, 3.63) is 29.8 Å². The molecule has 6 heteroatoms. The van der Waals surface area contributed by atoms with Crippen molar-refractivity contribution in [1.82, 2.24) is 15.1 Å². The molecule has 1 heterocycles. The Labute approximate surface area is 136 Å². The molecule has 124 valence electrons. The van der Waals surface area contributed by atoms with E-state index < -0.39 is 0 Å². The van der Waals surface area contributed by atoms with Gasteiger partial charge in [0.05, 0.1) is 13.8 Å². The van der Waals surface area contributed by atoms with Gasteiger partial charge < -0.3 is 15.0 Å². The predicted molar refractivity (Wildman–Crippen MR) is 86.1 cm³/mol. The molecule has 2 fully saturated rings. The largest absolute Gasteiger partial charge is 0.497 e. The molecule has 1 aliphatic heterocycles. The Hall–Kier alpha value is -2.24. The summed E-state index contributed by atoms with van der Waals surface area (Å²) in [5, 5.41) is 2.98. The lowest BCUT2D eigenvalue weighted by Crippen LogP contribution is -2.44. The monoisotopic (exact) mass is 317 g/mol. The fourth-order valence-corrected chi connectivity index (χ4v) is 2.91. The van der Waals surface area contributed by atoms with Gasteiger partial charge >= 0.3 is 6.03 Å². The molecule has 0 bridgehead atoms. The van der Waals surface area contributed by atoms with Gasteiger partial charge in [0, 0.05) is 12.1 Å². The maximum Gasteiger partial charge on any atom is 0.319 e. The first-order valence-corrected chi connectivity index (χ1v) is 8.04. The van der Waals surface area contributed by atoms with Crippen molar-refractivity contribution in [3.8, 4) is 5.75 Å². The van der Waals surface area contributed by atoms with E-state index in [1.54, 1.807) is 12.0 Å². The van der Waals surface area contributed by atoms with Crippen LogP contribution in [0.5, 0.6) is 5.75 Å². The predicted octanol–water partition coefficient (Wildman–Crippen LogP) is 1.60. The average Bonchev–Trinajstić information content (AvgIpc) is 3.29. The maximum absolute atomic E-state index is 12.3. The molecular weight excluding hydrogens is 294 g/mol. The van der Waals surface area contributed by atoms with Gasteiger partial charge in [0.2, 0.25) is 5.91 Å². The van der Waals surface area contributed by atoms with Crippen LogP contribution in [0.3, 0.4) is 0 Å². The topological polar surface area (TPSA) is 61.9 Å². The first-order chi connectivity index (χ1) is 11.1. The minimum Gasteiger partial charge on any atom is -0.497 e. The summed E-state index contributed by atoms with van der Waals surface area (Å²) in [5.74, 6) is 0.870. The number of benzene rings is 1. The van der Waals surface area contributed by atoms with Crippen LogP contribution in [0.4, 0.5) is 4.79 Å². The van der Waals surface area contributed by atoms with Crippen molar-refractivity contribution >= 4 is 11.9 Å². The summed E-state index contributed by atoms with van der Waals surface area (Å²) in [5.41, 5.74) is 1.11. The molecule has 1 saturated heterocycles. The van der Waals surface area contributed by atoms with Gasteiger partial charge in [-0.15, -0.1) is 0 Å². The Morgan fingerprint density at radius 2 is 2.22 bits per heavy atom. The second kappa shape index (κ2) is 6.48. The molecule has 1 aliphatic carbocycles. The number of hydrogen-bond donors (Lipinski definition) is 1. The smallest absolute Gasteiger partial charge is 0.319 e. The quantitative estimate of drug-likeness (QED) is 0.897. The average molecular weight is 317 g/mol. The van der Waals surface area contributed by atoms with Gasteiger partial charge in [-0.2, -0.15) is 0 Å². The summed E-state index contributed by atoms with van der Waals surface area (Å²) in [6, 6.07) is 7.99. The molecule has 0 aromatic heterocycles. The SMILES string of the molecule is COc1cccc(CC(C)NC(=O)N2CC(=O)N(C3CC3)C2)c1. The summed E-state index contributed by atoms with van der Waals surface area (Å²) in [6.07, 6.45) is 2.85. The highest BCUT2D eigenvalue weighted by atomic mass is 16.5. The normalized spacial score (nSPS) is 19.0. The first-order valence-electron chi connectivity index (χ1n) is 8.04. The number of rotatable bonds is 5. The van der Waals surface area contributed by atoms with E-state index in [2.05, 4.69) is 5.32 Å². The molecule has 1 unspecified atom stereocenters. The van der Waals surface area contributed by atoms with Crippen molar-refractivity contribution in [2.75, 3.05) is 20.3 Å². The van der Waals surface area contributed by atoms with Crippen molar-refractivity contribution in [1.29, 1.82) is 0 Å². The number of urea groups is 1. The minimum absolute atomic E-state index is 0.0142. The van der Waals surface area contributed by atoms with Crippen molar-refractivity contribution < 1.29 is 14.3 Å². The number of nitrogens with one attached hydrogen (secondary N) is 1. The Morgan fingerprint density at radius 1 is 1.43 bits per heavy atom. The maximum atomic E-state index is 12.3. The summed E-state index contributed by atoms with van der Waals surface area (Å²) in [7, 11) is 1.64.